The van der Waals surface area contributed by atoms with Crippen molar-refractivity contribution in [3.63, 3.8) is 0 Å². The molecule has 2 aromatic rings. The first-order valence-corrected chi connectivity index (χ1v) is 8.06. The molecule has 5 N–H and O–H groups in total. The van der Waals surface area contributed by atoms with Crippen LogP contribution in [0.2, 0.25) is 0 Å². The lowest BCUT2D eigenvalue weighted by Crippen LogP contribution is -2.19. The Morgan fingerprint density at radius 3 is 2.86 bits per heavy atom. The maximum absolute atomic E-state index is 11.8. The Bertz CT molecular complexity index is 683. The third-order valence-corrected chi connectivity index (χ3v) is 4.48. The van der Waals surface area contributed by atoms with Gasteiger partial charge in [0.25, 0.3) is 0 Å². The number of nitrogens with zero attached hydrogens (tertiary/aromatic N) is 1. The van der Waals surface area contributed by atoms with Gasteiger partial charge < -0.3 is 16.0 Å². The van der Waals surface area contributed by atoms with Gasteiger partial charge in [-0.1, -0.05) is 0 Å². The first-order valence-electron chi connectivity index (χ1n) is 6.58. The number of benzene rings is 1. The molecule has 0 spiro atoms. The number of H-pyrrole nitrogens is 1. The van der Waals surface area contributed by atoms with E-state index in [9.17, 15) is 8.42 Å². The van der Waals surface area contributed by atoms with E-state index in [1.807, 2.05) is 0 Å². The highest BCUT2D eigenvalue weighted by Gasteiger charge is 2.12. The zero-order chi connectivity index (χ0) is 15.3. The maximum atomic E-state index is 11.8. The highest BCUT2D eigenvalue weighted by molar-refractivity contribution is 7.89. The summed E-state index contributed by atoms with van der Waals surface area (Å²) < 4.78 is 25.8. The highest BCUT2D eigenvalue weighted by Crippen LogP contribution is 2.22. The maximum Gasteiger partial charge on any atom is 0.240 e. The van der Waals surface area contributed by atoms with Gasteiger partial charge in [0.1, 0.15) is 5.82 Å². The normalized spacial score (nSPS) is 11.5. The summed E-state index contributed by atoms with van der Waals surface area (Å²) in [6.45, 7) is 0.675. The molecule has 0 atom stereocenters. The molecule has 1 aromatic heterocycles. The number of nitrogen functional groups attached to an aromatic ring is 1. The van der Waals surface area contributed by atoms with Crippen molar-refractivity contribution in [3.05, 3.63) is 36.4 Å². The van der Waals surface area contributed by atoms with Crippen molar-refractivity contribution in [3.8, 4) is 0 Å². The Kier molecular flexibility index (Phi) is 4.81. The number of aryl methyl sites for hydroxylation is 1. The largest absolute Gasteiger partial charge is 0.397 e. The number of nitrogens with two attached hydrogens (primary N) is 1. The van der Waals surface area contributed by atoms with Crippen LogP contribution < -0.4 is 15.8 Å². The fourth-order valence-electron chi connectivity index (χ4n) is 1.89. The molecule has 0 saturated heterocycles. The molecule has 0 radical (unpaired) electrons. The minimum atomic E-state index is -3.46. The van der Waals surface area contributed by atoms with Crippen molar-refractivity contribution in [1.29, 1.82) is 0 Å². The van der Waals surface area contributed by atoms with E-state index in [2.05, 4.69) is 20.0 Å². The summed E-state index contributed by atoms with van der Waals surface area (Å²) in [7, 11) is -2.09. The molecule has 2 rings (SSSR count). The van der Waals surface area contributed by atoms with Crippen LogP contribution in [0.1, 0.15) is 12.2 Å². The van der Waals surface area contributed by atoms with Crippen molar-refractivity contribution in [2.45, 2.75) is 17.7 Å². The first-order chi connectivity index (χ1) is 10.0. The van der Waals surface area contributed by atoms with E-state index in [-0.39, 0.29) is 4.90 Å². The van der Waals surface area contributed by atoms with E-state index in [1.165, 1.54) is 19.2 Å². The van der Waals surface area contributed by atoms with E-state index >= 15 is 0 Å². The average Bonchev–Trinajstić information content (AvgIpc) is 2.98. The molecule has 114 valence electrons. The number of aromatic nitrogens is 2. The molecule has 0 aliphatic heterocycles. The molecular weight excluding hydrogens is 290 g/mol. The van der Waals surface area contributed by atoms with E-state index in [1.54, 1.807) is 18.5 Å². The van der Waals surface area contributed by atoms with Crippen molar-refractivity contribution in [2.75, 3.05) is 24.6 Å². The van der Waals surface area contributed by atoms with Gasteiger partial charge in [-0.3, -0.25) is 0 Å². The summed E-state index contributed by atoms with van der Waals surface area (Å²) in [5.74, 6) is 0.927. The summed E-state index contributed by atoms with van der Waals surface area (Å²) in [6.07, 6.45) is 5.17. The third kappa shape index (κ3) is 3.96. The van der Waals surface area contributed by atoms with Crippen LogP contribution in [-0.4, -0.2) is 32.0 Å². The van der Waals surface area contributed by atoms with E-state index in [0.717, 1.165) is 18.7 Å². The number of hydrogen-bond acceptors (Lipinski definition) is 5. The van der Waals surface area contributed by atoms with Crippen molar-refractivity contribution in [2.24, 2.45) is 0 Å². The molecule has 0 saturated carbocycles. The van der Waals surface area contributed by atoms with Crippen LogP contribution in [-0.2, 0) is 16.4 Å². The Labute approximate surface area is 124 Å². The minimum Gasteiger partial charge on any atom is -0.397 e. The van der Waals surface area contributed by atoms with Gasteiger partial charge in [0.2, 0.25) is 10.0 Å². The minimum absolute atomic E-state index is 0.188. The highest BCUT2D eigenvalue weighted by atomic mass is 32.2. The molecular formula is C13H19N5O2S. The predicted octanol–water partition coefficient (Wildman–Crippen LogP) is 0.945. The van der Waals surface area contributed by atoms with Gasteiger partial charge >= 0.3 is 0 Å². The SMILES string of the molecule is CNS(=O)(=O)c1ccc(N)c(NCCCc2ncc[nH]2)c1. The molecule has 8 heteroatoms. The molecule has 21 heavy (non-hydrogen) atoms. The smallest absolute Gasteiger partial charge is 0.240 e. The lowest BCUT2D eigenvalue weighted by atomic mass is 10.2. The average molecular weight is 309 g/mol. The quantitative estimate of drug-likeness (QED) is 0.449. The summed E-state index contributed by atoms with van der Waals surface area (Å²) >= 11 is 0. The summed E-state index contributed by atoms with van der Waals surface area (Å²) in [5.41, 5.74) is 6.99. The Balaban J connectivity index is 1.97. The molecule has 1 heterocycles. The zero-order valence-corrected chi connectivity index (χ0v) is 12.6. The second-order valence-electron chi connectivity index (χ2n) is 4.52. The van der Waals surface area contributed by atoms with Crippen LogP contribution in [0.25, 0.3) is 0 Å². The van der Waals surface area contributed by atoms with Crippen LogP contribution in [0.15, 0.2) is 35.5 Å². The number of nitrogens with one attached hydrogen (secondary N) is 3. The summed E-state index contributed by atoms with van der Waals surface area (Å²) in [5, 5.41) is 3.15. The molecule has 0 aliphatic carbocycles. The number of sulfonamides is 1. The summed E-state index contributed by atoms with van der Waals surface area (Å²) in [4.78, 5) is 7.36. The van der Waals surface area contributed by atoms with Crippen molar-refractivity contribution >= 4 is 21.4 Å². The number of hydrogen-bond donors (Lipinski definition) is 4. The van der Waals surface area contributed by atoms with E-state index < -0.39 is 10.0 Å². The second-order valence-corrected chi connectivity index (χ2v) is 6.41. The van der Waals surface area contributed by atoms with Crippen molar-refractivity contribution in [1.82, 2.24) is 14.7 Å². The number of imidazole rings is 1. The number of aromatic amines is 1. The molecule has 0 amide bonds. The molecule has 0 unspecified atom stereocenters. The third-order valence-electron chi connectivity index (χ3n) is 3.06. The van der Waals surface area contributed by atoms with Gasteiger partial charge in [-0.2, -0.15) is 0 Å². The van der Waals surface area contributed by atoms with Crippen LogP contribution in [0.3, 0.4) is 0 Å². The lowest BCUT2D eigenvalue weighted by Gasteiger charge is -2.11. The fourth-order valence-corrected chi connectivity index (χ4v) is 2.64. The van der Waals surface area contributed by atoms with Crippen LogP contribution in [0, 0.1) is 0 Å². The van der Waals surface area contributed by atoms with E-state index in [0.29, 0.717) is 17.9 Å². The second kappa shape index (κ2) is 6.59. The first kappa shape index (κ1) is 15.3. The molecule has 1 aromatic carbocycles. The van der Waals surface area contributed by atoms with Crippen LogP contribution in [0.5, 0.6) is 0 Å². The van der Waals surface area contributed by atoms with Gasteiger partial charge in [0.05, 0.1) is 16.3 Å². The molecule has 0 aliphatic rings. The topological polar surface area (TPSA) is 113 Å². The fraction of sp³-hybridized carbons (Fsp3) is 0.308. The Morgan fingerprint density at radius 1 is 1.38 bits per heavy atom. The van der Waals surface area contributed by atoms with Gasteiger partial charge in [-0.15, -0.1) is 0 Å². The lowest BCUT2D eigenvalue weighted by molar-refractivity contribution is 0.588. The van der Waals surface area contributed by atoms with Crippen LogP contribution in [0.4, 0.5) is 11.4 Å². The van der Waals surface area contributed by atoms with Crippen LogP contribution >= 0.6 is 0 Å². The standard InChI is InChI=1S/C13H19N5O2S/c1-15-21(19,20)10-4-5-11(14)12(9-10)16-6-2-3-13-17-7-8-18-13/h4-5,7-9,15-16H,2-3,6,14H2,1H3,(H,17,18). The van der Waals surface area contributed by atoms with Gasteiger partial charge in [-0.25, -0.2) is 18.1 Å². The molecule has 0 bridgehead atoms. The predicted molar refractivity (Wildman–Crippen MR) is 82.5 cm³/mol. The van der Waals surface area contributed by atoms with Gasteiger partial charge in [0.15, 0.2) is 0 Å². The molecule has 0 fully saturated rings. The van der Waals surface area contributed by atoms with E-state index in [4.69, 9.17) is 5.73 Å². The van der Waals surface area contributed by atoms with Crippen molar-refractivity contribution < 1.29 is 8.42 Å². The van der Waals surface area contributed by atoms with Gasteiger partial charge in [0, 0.05) is 25.4 Å². The monoisotopic (exact) mass is 309 g/mol. The Hall–Kier alpha value is -2.06. The zero-order valence-electron chi connectivity index (χ0n) is 11.8. The summed E-state index contributed by atoms with van der Waals surface area (Å²) in [6, 6.07) is 4.60. The number of anilines is 2. The van der Waals surface area contributed by atoms with Gasteiger partial charge in [-0.05, 0) is 31.7 Å². The number of rotatable bonds is 7. The molecule has 7 nitrogen and oxygen atoms in total. The Morgan fingerprint density at radius 2 is 2.19 bits per heavy atom.